The van der Waals surface area contributed by atoms with Gasteiger partial charge in [-0.15, -0.1) is 0 Å². The normalized spacial score (nSPS) is 15.3. The monoisotopic (exact) mass is 447 g/mol. The predicted molar refractivity (Wildman–Crippen MR) is 115 cm³/mol. The molecular formula is C20H27N6O4S+. The molecule has 11 heteroatoms. The Labute approximate surface area is 180 Å². The highest BCUT2D eigenvalue weighted by molar-refractivity contribution is 7.89. The van der Waals surface area contributed by atoms with Gasteiger partial charge in [0.15, 0.2) is 5.52 Å². The molecule has 0 spiro atoms. The van der Waals surface area contributed by atoms with Crippen molar-refractivity contribution in [3.05, 3.63) is 30.6 Å². The van der Waals surface area contributed by atoms with Crippen LogP contribution in [-0.2, 0) is 10.0 Å². The first kappa shape index (κ1) is 21.5. The molecule has 0 atom stereocenters. The van der Waals surface area contributed by atoms with Crippen LogP contribution in [0.1, 0.15) is 32.1 Å². The van der Waals surface area contributed by atoms with Crippen LogP contribution in [0.25, 0.3) is 11.2 Å². The van der Waals surface area contributed by atoms with Gasteiger partial charge >= 0.3 is 5.95 Å². The number of anilines is 2. The van der Waals surface area contributed by atoms with Gasteiger partial charge in [-0.1, -0.05) is 19.3 Å². The first-order valence-electron chi connectivity index (χ1n) is 10.4. The number of aromatic nitrogens is 4. The maximum Gasteiger partial charge on any atom is 0.399 e. The smallest absolute Gasteiger partial charge is 0.399 e. The van der Waals surface area contributed by atoms with E-state index in [0.717, 1.165) is 0 Å². The number of ether oxygens (including phenoxy) is 1. The van der Waals surface area contributed by atoms with E-state index in [4.69, 9.17) is 9.84 Å². The van der Waals surface area contributed by atoms with Crippen LogP contribution in [0.3, 0.4) is 0 Å². The summed E-state index contributed by atoms with van der Waals surface area (Å²) < 4.78 is 32.7. The average Bonchev–Trinajstić information content (AvgIpc) is 3.26. The largest absolute Gasteiger partial charge is 0.466 e. The summed E-state index contributed by atoms with van der Waals surface area (Å²) in [5, 5.41) is 11.9. The molecule has 1 aliphatic rings. The quantitative estimate of drug-likeness (QED) is 0.391. The van der Waals surface area contributed by atoms with Crippen LogP contribution in [0.15, 0.2) is 35.5 Å². The first-order valence-corrected chi connectivity index (χ1v) is 11.9. The SMILES string of the molecule is O=S(=O)(NCCO)c1ccc(Nc2nc3nc[nH]c3c(OCC3CCCCC3)[nH+]2)cc1. The standard InChI is InChI=1S/C20H26N6O4S/c27-11-10-23-31(28,29)16-8-6-15(7-9-16)24-20-25-18-17(21-13-22-18)19(26-20)30-12-14-4-2-1-3-5-14/h6-9,13-14,23,27H,1-5,10-12H2,(H2,21,22,24,25,26)/p+1. The highest BCUT2D eigenvalue weighted by Gasteiger charge is 2.20. The molecule has 0 unspecified atom stereocenters. The zero-order valence-corrected chi connectivity index (χ0v) is 17.9. The number of H-pyrrole nitrogens is 2. The second kappa shape index (κ2) is 9.58. The first-order chi connectivity index (χ1) is 15.0. The van der Waals surface area contributed by atoms with E-state index in [1.54, 1.807) is 18.5 Å². The van der Waals surface area contributed by atoms with Crippen LogP contribution in [0.2, 0.25) is 0 Å². The zero-order chi connectivity index (χ0) is 21.7. The molecule has 0 amide bonds. The highest BCUT2D eigenvalue weighted by Crippen LogP contribution is 2.25. The van der Waals surface area contributed by atoms with E-state index < -0.39 is 10.0 Å². The van der Waals surface area contributed by atoms with Crippen molar-refractivity contribution >= 4 is 32.8 Å². The van der Waals surface area contributed by atoms with Gasteiger partial charge < -0.3 is 14.8 Å². The number of aromatic amines is 2. The van der Waals surface area contributed by atoms with Crippen molar-refractivity contribution in [3.8, 4) is 5.88 Å². The number of nitrogens with one attached hydrogen (secondary N) is 4. The molecule has 2 aromatic heterocycles. The van der Waals surface area contributed by atoms with Crippen LogP contribution >= 0.6 is 0 Å². The molecule has 1 saturated carbocycles. The average molecular weight is 448 g/mol. The van der Waals surface area contributed by atoms with Gasteiger partial charge in [-0.2, -0.15) is 0 Å². The third-order valence-electron chi connectivity index (χ3n) is 5.32. The molecule has 0 aliphatic heterocycles. The third kappa shape index (κ3) is 5.30. The number of hydrogen-bond acceptors (Lipinski definition) is 7. The zero-order valence-electron chi connectivity index (χ0n) is 17.1. The molecule has 0 bridgehead atoms. The Balaban J connectivity index is 1.49. The summed E-state index contributed by atoms with van der Waals surface area (Å²) in [6.45, 7) is 0.344. The minimum atomic E-state index is -3.65. The van der Waals surface area contributed by atoms with Gasteiger partial charge in [0.25, 0.3) is 11.5 Å². The van der Waals surface area contributed by atoms with E-state index >= 15 is 0 Å². The van der Waals surface area contributed by atoms with Crippen molar-refractivity contribution in [2.24, 2.45) is 5.92 Å². The fraction of sp³-hybridized carbons (Fsp3) is 0.450. The Bertz CT molecular complexity index is 1110. The maximum absolute atomic E-state index is 12.1. The van der Waals surface area contributed by atoms with E-state index in [2.05, 4.69) is 30.0 Å². The summed E-state index contributed by atoms with van der Waals surface area (Å²) >= 11 is 0. The van der Waals surface area contributed by atoms with E-state index in [1.165, 1.54) is 44.2 Å². The lowest BCUT2D eigenvalue weighted by Crippen LogP contribution is -2.26. The molecule has 10 nitrogen and oxygen atoms in total. The molecule has 1 fully saturated rings. The number of hydrogen-bond donors (Lipinski definition) is 4. The Morgan fingerprint density at radius 1 is 1.19 bits per heavy atom. The Kier molecular flexibility index (Phi) is 6.64. The second-order valence-corrected chi connectivity index (χ2v) is 9.37. The molecular weight excluding hydrogens is 420 g/mol. The molecule has 4 rings (SSSR count). The number of aliphatic hydroxyl groups is 1. The second-order valence-electron chi connectivity index (χ2n) is 7.60. The van der Waals surface area contributed by atoms with Gasteiger partial charge in [-0.3, -0.25) is 0 Å². The van der Waals surface area contributed by atoms with Gasteiger partial charge in [-0.25, -0.2) is 28.4 Å². The van der Waals surface area contributed by atoms with Crippen molar-refractivity contribution in [1.29, 1.82) is 0 Å². The summed E-state index contributed by atoms with van der Waals surface area (Å²) in [5.41, 5.74) is 1.88. The van der Waals surface area contributed by atoms with Crippen LogP contribution in [0.5, 0.6) is 5.88 Å². The van der Waals surface area contributed by atoms with Crippen LogP contribution in [-0.4, -0.2) is 48.2 Å². The number of nitrogens with zero attached hydrogens (tertiary/aromatic N) is 2. The number of aliphatic hydroxyl groups excluding tert-OH is 1. The number of imidazole rings is 1. The summed E-state index contributed by atoms with van der Waals surface area (Å²) in [6, 6.07) is 6.24. The fourth-order valence-electron chi connectivity index (χ4n) is 3.68. The van der Waals surface area contributed by atoms with E-state index in [9.17, 15) is 8.42 Å². The van der Waals surface area contributed by atoms with Gasteiger partial charge in [0.1, 0.15) is 0 Å². The minimum Gasteiger partial charge on any atom is -0.466 e. The lowest BCUT2D eigenvalue weighted by Gasteiger charge is -2.21. The van der Waals surface area contributed by atoms with Gasteiger partial charge in [0.05, 0.1) is 30.1 Å². The lowest BCUT2D eigenvalue weighted by atomic mass is 9.90. The minimum absolute atomic E-state index is 0.0332. The predicted octanol–water partition coefficient (Wildman–Crippen LogP) is 1.75. The van der Waals surface area contributed by atoms with Crippen molar-refractivity contribution in [2.75, 3.05) is 25.1 Å². The molecule has 3 aromatic rings. The van der Waals surface area contributed by atoms with E-state index in [-0.39, 0.29) is 18.0 Å². The third-order valence-corrected chi connectivity index (χ3v) is 6.79. The van der Waals surface area contributed by atoms with E-state index in [1.807, 2.05) is 0 Å². The van der Waals surface area contributed by atoms with Gasteiger partial charge in [0, 0.05) is 6.54 Å². The summed E-state index contributed by atoms with van der Waals surface area (Å²) in [6.07, 6.45) is 7.74. The molecule has 5 N–H and O–H groups in total. The van der Waals surface area contributed by atoms with Crippen LogP contribution in [0, 0.1) is 5.92 Å². The fourth-order valence-corrected chi connectivity index (χ4v) is 4.70. The van der Waals surface area contributed by atoms with Crippen LogP contribution < -0.4 is 19.8 Å². The summed E-state index contributed by atoms with van der Waals surface area (Å²) in [4.78, 5) is 15.0. The Hall–Kier alpha value is -2.76. The van der Waals surface area contributed by atoms with Gasteiger partial charge in [-0.05, 0) is 48.0 Å². The Morgan fingerprint density at radius 3 is 2.71 bits per heavy atom. The lowest BCUT2D eigenvalue weighted by molar-refractivity contribution is -0.380. The maximum atomic E-state index is 12.1. The van der Waals surface area contributed by atoms with Crippen molar-refractivity contribution in [3.63, 3.8) is 0 Å². The van der Waals surface area contributed by atoms with Crippen molar-refractivity contribution < 1.29 is 23.2 Å². The van der Waals surface area contributed by atoms with Crippen LogP contribution in [0.4, 0.5) is 11.6 Å². The highest BCUT2D eigenvalue weighted by atomic mass is 32.2. The number of fused-ring (bicyclic) bond motifs is 1. The molecule has 0 saturated heterocycles. The number of benzene rings is 1. The van der Waals surface area contributed by atoms with Gasteiger partial charge in [0.2, 0.25) is 10.0 Å². The molecule has 166 valence electrons. The number of rotatable bonds is 9. The Morgan fingerprint density at radius 2 is 1.97 bits per heavy atom. The molecule has 0 radical (unpaired) electrons. The van der Waals surface area contributed by atoms with Crippen molar-refractivity contribution in [1.82, 2.24) is 19.7 Å². The van der Waals surface area contributed by atoms with Crippen molar-refractivity contribution in [2.45, 2.75) is 37.0 Å². The number of sulfonamides is 1. The molecule has 2 heterocycles. The summed E-state index contributed by atoms with van der Waals surface area (Å²) in [5.74, 6) is 1.56. The molecule has 1 aliphatic carbocycles. The topological polar surface area (TPSA) is 143 Å². The summed E-state index contributed by atoms with van der Waals surface area (Å²) in [7, 11) is -3.65. The molecule has 31 heavy (non-hydrogen) atoms. The molecule has 1 aromatic carbocycles. The van der Waals surface area contributed by atoms with E-state index in [0.29, 0.717) is 41.2 Å².